The molecule has 3 heteroatoms. The zero-order valence-corrected chi connectivity index (χ0v) is 14.9. The molecule has 0 heterocycles. The van der Waals surface area contributed by atoms with Crippen molar-refractivity contribution in [2.45, 2.75) is 19.7 Å². The van der Waals surface area contributed by atoms with Gasteiger partial charge in [0.05, 0.1) is 6.61 Å². The molecule has 0 fully saturated rings. The number of aliphatic hydroxyl groups excluding tert-OH is 1. The Morgan fingerprint density at radius 2 is 1.31 bits per heavy atom. The summed E-state index contributed by atoms with van der Waals surface area (Å²) in [6.45, 7) is 2.95. The van der Waals surface area contributed by atoms with Gasteiger partial charge in [0.15, 0.2) is 0 Å². The number of hydrogen-bond acceptors (Lipinski definition) is 3. The van der Waals surface area contributed by atoms with Crippen molar-refractivity contribution in [2.75, 3.05) is 13.2 Å². The van der Waals surface area contributed by atoms with Crippen LogP contribution in [0.3, 0.4) is 0 Å². The smallest absolute Gasteiger partial charge is 0.120 e. The second-order valence-electron chi connectivity index (χ2n) is 6.34. The number of aliphatic hydroxyl groups is 1. The third-order valence-electron chi connectivity index (χ3n) is 4.22. The summed E-state index contributed by atoms with van der Waals surface area (Å²) in [6, 6.07) is 28.7. The van der Waals surface area contributed by atoms with E-state index in [0.717, 1.165) is 24.4 Å². The van der Waals surface area contributed by atoms with Crippen LogP contribution in [0.15, 0.2) is 84.9 Å². The van der Waals surface area contributed by atoms with Gasteiger partial charge in [0.2, 0.25) is 0 Å². The van der Waals surface area contributed by atoms with Crippen LogP contribution in [0.5, 0.6) is 5.75 Å². The molecule has 26 heavy (non-hydrogen) atoms. The highest BCUT2D eigenvalue weighted by atomic mass is 16.5. The molecule has 3 aromatic rings. The lowest BCUT2D eigenvalue weighted by atomic mass is 10.1. The van der Waals surface area contributed by atoms with Crippen molar-refractivity contribution >= 4 is 0 Å². The summed E-state index contributed by atoms with van der Waals surface area (Å²) >= 11 is 0. The molecule has 0 aliphatic carbocycles. The topological polar surface area (TPSA) is 32.7 Å². The fourth-order valence-electron chi connectivity index (χ4n) is 2.93. The van der Waals surface area contributed by atoms with Crippen molar-refractivity contribution in [3.8, 4) is 5.75 Å². The van der Waals surface area contributed by atoms with Gasteiger partial charge >= 0.3 is 0 Å². The Balaban J connectivity index is 1.62. The van der Waals surface area contributed by atoms with E-state index in [1.807, 2.05) is 48.5 Å². The third-order valence-corrected chi connectivity index (χ3v) is 4.22. The van der Waals surface area contributed by atoms with E-state index in [2.05, 4.69) is 41.3 Å². The van der Waals surface area contributed by atoms with Crippen molar-refractivity contribution in [1.29, 1.82) is 0 Å². The standard InChI is InChI=1S/C23H25NO2/c25-15-14-24(17-20-8-3-1-4-9-20)18-22-12-7-13-23(16-22)26-19-21-10-5-2-6-11-21/h1-13,16,25H,14-15,17-19H2. The average Bonchev–Trinajstić information content (AvgIpc) is 2.68. The molecule has 134 valence electrons. The first-order valence-corrected chi connectivity index (χ1v) is 8.96. The van der Waals surface area contributed by atoms with Gasteiger partial charge in [-0.25, -0.2) is 0 Å². The highest BCUT2D eigenvalue weighted by Crippen LogP contribution is 2.17. The Hall–Kier alpha value is -2.62. The molecule has 3 aromatic carbocycles. The molecule has 0 saturated carbocycles. The van der Waals surface area contributed by atoms with Gasteiger partial charge in [0, 0.05) is 19.6 Å². The van der Waals surface area contributed by atoms with Gasteiger partial charge in [0.25, 0.3) is 0 Å². The second kappa shape index (κ2) is 9.76. The molecule has 0 unspecified atom stereocenters. The van der Waals surface area contributed by atoms with E-state index in [0.29, 0.717) is 13.2 Å². The molecule has 3 nitrogen and oxygen atoms in total. The molecule has 3 rings (SSSR count). The van der Waals surface area contributed by atoms with Crippen LogP contribution in [-0.4, -0.2) is 23.2 Å². The monoisotopic (exact) mass is 347 g/mol. The van der Waals surface area contributed by atoms with E-state index in [9.17, 15) is 5.11 Å². The first-order valence-electron chi connectivity index (χ1n) is 8.96. The van der Waals surface area contributed by atoms with E-state index >= 15 is 0 Å². The first kappa shape index (κ1) is 18.2. The normalized spacial score (nSPS) is 10.8. The molecule has 0 atom stereocenters. The van der Waals surface area contributed by atoms with Crippen LogP contribution < -0.4 is 4.74 Å². The SMILES string of the molecule is OCCN(Cc1ccccc1)Cc1cccc(OCc2ccccc2)c1. The quantitative estimate of drug-likeness (QED) is 0.628. The number of nitrogens with zero attached hydrogens (tertiary/aromatic N) is 1. The van der Waals surface area contributed by atoms with E-state index in [-0.39, 0.29) is 6.61 Å². The Labute approximate surface area is 155 Å². The lowest BCUT2D eigenvalue weighted by Crippen LogP contribution is -2.26. The zero-order valence-electron chi connectivity index (χ0n) is 14.9. The predicted molar refractivity (Wildman–Crippen MR) is 105 cm³/mol. The van der Waals surface area contributed by atoms with Crippen LogP contribution in [0.4, 0.5) is 0 Å². The molecule has 0 aliphatic rings. The number of benzene rings is 3. The zero-order chi connectivity index (χ0) is 18.0. The Kier molecular flexibility index (Phi) is 6.82. The van der Waals surface area contributed by atoms with Crippen molar-refractivity contribution in [3.05, 3.63) is 102 Å². The summed E-state index contributed by atoms with van der Waals surface area (Å²) in [5.74, 6) is 0.870. The molecular weight excluding hydrogens is 322 g/mol. The second-order valence-corrected chi connectivity index (χ2v) is 6.34. The fraction of sp³-hybridized carbons (Fsp3) is 0.217. The summed E-state index contributed by atoms with van der Waals surface area (Å²) in [6.07, 6.45) is 0. The van der Waals surface area contributed by atoms with Crippen LogP contribution in [-0.2, 0) is 19.7 Å². The highest BCUT2D eigenvalue weighted by molar-refractivity contribution is 5.29. The van der Waals surface area contributed by atoms with Crippen molar-refractivity contribution in [2.24, 2.45) is 0 Å². The summed E-state index contributed by atoms with van der Waals surface area (Å²) in [5, 5.41) is 9.39. The maximum absolute atomic E-state index is 9.39. The number of ether oxygens (including phenoxy) is 1. The summed E-state index contributed by atoms with van der Waals surface area (Å²) in [4.78, 5) is 2.24. The molecule has 0 amide bonds. The molecule has 1 N–H and O–H groups in total. The Bertz CT molecular complexity index is 774. The molecule has 0 bridgehead atoms. The van der Waals surface area contributed by atoms with Crippen molar-refractivity contribution in [3.63, 3.8) is 0 Å². The maximum Gasteiger partial charge on any atom is 0.120 e. The van der Waals surface area contributed by atoms with Crippen LogP contribution in [0.1, 0.15) is 16.7 Å². The molecule has 0 radical (unpaired) electrons. The van der Waals surface area contributed by atoms with Crippen molar-refractivity contribution < 1.29 is 9.84 Å². The minimum Gasteiger partial charge on any atom is -0.489 e. The van der Waals surface area contributed by atoms with Gasteiger partial charge < -0.3 is 9.84 Å². The van der Waals surface area contributed by atoms with E-state index < -0.39 is 0 Å². The van der Waals surface area contributed by atoms with Gasteiger partial charge in [0.1, 0.15) is 12.4 Å². The minimum atomic E-state index is 0.150. The number of rotatable bonds is 9. The summed E-state index contributed by atoms with van der Waals surface area (Å²) < 4.78 is 5.92. The fourth-order valence-corrected chi connectivity index (χ4v) is 2.93. The van der Waals surface area contributed by atoms with E-state index in [4.69, 9.17) is 4.74 Å². The Morgan fingerprint density at radius 1 is 0.692 bits per heavy atom. The predicted octanol–water partition coefficient (Wildman–Crippen LogP) is 4.26. The van der Waals surface area contributed by atoms with Crippen LogP contribution >= 0.6 is 0 Å². The largest absolute Gasteiger partial charge is 0.489 e. The molecule has 0 aliphatic heterocycles. The van der Waals surface area contributed by atoms with Crippen molar-refractivity contribution in [1.82, 2.24) is 4.90 Å². The average molecular weight is 347 g/mol. The van der Waals surface area contributed by atoms with E-state index in [1.165, 1.54) is 11.1 Å². The third kappa shape index (κ3) is 5.73. The Morgan fingerprint density at radius 3 is 2.00 bits per heavy atom. The van der Waals surface area contributed by atoms with Gasteiger partial charge in [-0.3, -0.25) is 4.90 Å². The summed E-state index contributed by atoms with van der Waals surface area (Å²) in [5.41, 5.74) is 3.58. The molecule has 0 spiro atoms. The first-order chi connectivity index (χ1) is 12.8. The minimum absolute atomic E-state index is 0.150. The highest BCUT2D eigenvalue weighted by Gasteiger charge is 2.07. The maximum atomic E-state index is 9.39. The number of hydrogen-bond donors (Lipinski definition) is 1. The van der Waals surface area contributed by atoms with Gasteiger partial charge in [-0.05, 0) is 28.8 Å². The molecule has 0 saturated heterocycles. The lowest BCUT2D eigenvalue weighted by Gasteiger charge is -2.22. The lowest BCUT2D eigenvalue weighted by molar-refractivity contribution is 0.184. The van der Waals surface area contributed by atoms with Crippen LogP contribution in [0.2, 0.25) is 0 Å². The van der Waals surface area contributed by atoms with Crippen LogP contribution in [0, 0.1) is 0 Å². The van der Waals surface area contributed by atoms with Crippen LogP contribution in [0.25, 0.3) is 0 Å². The van der Waals surface area contributed by atoms with Gasteiger partial charge in [-0.1, -0.05) is 72.8 Å². The van der Waals surface area contributed by atoms with Gasteiger partial charge in [-0.2, -0.15) is 0 Å². The molecular formula is C23H25NO2. The van der Waals surface area contributed by atoms with E-state index in [1.54, 1.807) is 0 Å². The molecule has 0 aromatic heterocycles. The van der Waals surface area contributed by atoms with Gasteiger partial charge in [-0.15, -0.1) is 0 Å². The summed E-state index contributed by atoms with van der Waals surface area (Å²) in [7, 11) is 0.